The number of amides is 1. The Kier molecular flexibility index (Phi) is 3.25. The van der Waals surface area contributed by atoms with Crippen LogP contribution < -0.4 is 15.1 Å². The van der Waals surface area contributed by atoms with E-state index in [-0.39, 0.29) is 11.9 Å². The lowest BCUT2D eigenvalue weighted by molar-refractivity contribution is -0.119. The molecular formula is C16H18N4O. The number of pyridine rings is 1. The summed E-state index contributed by atoms with van der Waals surface area (Å²) in [6, 6.07) is 11.5. The summed E-state index contributed by atoms with van der Waals surface area (Å²) in [4.78, 5) is 20.1. The standard InChI is InChI=1S/C16H18N4O/c1-11-16(21)20(3)13-8-7-12(10-14(13)19(11)2)18-15-6-4-5-9-17-15/h4-11H,1-3H3,(H,17,18)/t11-/m0/s1. The molecule has 1 aromatic heterocycles. The SMILES string of the molecule is C[C@H]1C(=O)N(C)c2ccc(Nc3ccccn3)cc2N1C. The third-order valence-electron chi connectivity index (χ3n) is 3.92. The van der Waals surface area contributed by atoms with Gasteiger partial charge in [0.15, 0.2) is 0 Å². The number of aromatic nitrogens is 1. The normalized spacial score (nSPS) is 17.7. The molecule has 1 N–H and O–H groups in total. The van der Waals surface area contributed by atoms with Gasteiger partial charge in [-0.2, -0.15) is 0 Å². The minimum Gasteiger partial charge on any atom is -0.361 e. The molecule has 0 saturated heterocycles. The lowest BCUT2D eigenvalue weighted by atomic mass is 10.1. The van der Waals surface area contributed by atoms with Crippen LogP contribution in [0, 0.1) is 0 Å². The van der Waals surface area contributed by atoms with Crippen LogP contribution >= 0.6 is 0 Å². The molecule has 0 spiro atoms. The molecule has 0 saturated carbocycles. The van der Waals surface area contributed by atoms with Gasteiger partial charge in [0, 0.05) is 26.0 Å². The molecule has 0 radical (unpaired) electrons. The van der Waals surface area contributed by atoms with E-state index in [0.717, 1.165) is 22.9 Å². The molecular weight excluding hydrogens is 264 g/mol. The molecule has 2 heterocycles. The van der Waals surface area contributed by atoms with E-state index in [0.29, 0.717) is 0 Å². The fourth-order valence-corrected chi connectivity index (χ4v) is 2.53. The molecule has 5 heteroatoms. The number of hydrogen-bond donors (Lipinski definition) is 1. The van der Waals surface area contributed by atoms with Crippen LogP contribution in [0.2, 0.25) is 0 Å². The Hall–Kier alpha value is -2.56. The van der Waals surface area contributed by atoms with Crippen LogP contribution in [0.5, 0.6) is 0 Å². The van der Waals surface area contributed by atoms with Gasteiger partial charge in [0.05, 0.1) is 11.4 Å². The van der Waals surface area contributed by atoms with E-state index in [1.165, 1.54) is 0 Å². The van der Waals surface area contributed by atoms with Crippen LogP contribution in [0.15, 0.2) is 42.6 Å². The number of benzene rings is 1. The number of fused-ring (bicyclic) bond motifs is 1. The molecule has 0 aliphatic carbocycles. The van der Waals surface area contributed by atoms with Crippen LogP contribution in [-0.4, -0.2) is 31.0 Å². The van der Waals surface area contributed by atoms with Gasteiger partial charge >= 0.3 is 0 Å². The maximum Gasteiger partial charge on any atom is 0.249 e. The summed E-state index contributed by atoms with van der Waals surface area (Å²) in [5, 5.41) is 3.27. The maximum atomic E-state index is 12.1. The first kappa shape index (κ1) is 13.4. The van der Waals surface area contributed by atoms with Gasteiger partial charge in [-0.05, 0) is 37.3 Å². The number of nitrogens with one attached hydrogen (secondary N) is 1. The van der Waals surface area contributed by atoms with E-state index < -0.39 is 0 Å². The van der Waals surface area contributed by atoms with Crippen molar-refractivity contribution in [2.45, 2.75) is 13.0 Å². The van der Waals surface area contributed by atoms with Gasteiger partial charge in [-0.1, -0.05) is 6.07 Å². The number of anilines is 4. The fourth-order valence-electron chi connectivity index (χ4n) is 2.53. The first-order valence-corrected chi connectivity index (χ1v) is 6.90. The number of hydrogen-bond acceptors (Lipinski definition) is 4. The smallest absolute Gasteiger partial charge is 0.249 e. The second kappa shape index (κ2) is 5.09. The highest BCUT2D eigenvalue weighted by Crippen LogP contribution is 2.36. The number of likely N-dealkylation sites (N-methyl/N-ethyl adjacent to an activating group) is 2. The Balaban J connectivity index is 1.96. The fraction of sp³-hybridized carbons (Fsp3) is 0.250. The highest BCUT2D eigenvalue weighted by atomic mass is 16.2. The van der Waals surface area contributed by atoms with Crippen LogP contribution in [0.3, 0.4) is 0 Å². The predicted molar refractivity (Wildman–Crippen MR) is 85.2 cm³/mol. The number of nitrogens with zero attached hydrogens (tertiary/aromatic N) is 3. The summed E-state index contributed by atoms with van der Waals surface area (Å²) in [6.07, 6.45) is 1.75. The zero-order chi connectivity index (χ0) is 15.0. The molecule has 3 rings (SSSR count). The van der Waals surface area contributed by atoms with E-state index in [1.54, 1.807) is 11.1 Å². The number of carbonyl (C=O) groups is 1. The number of rotatable bonds is 2. The van der Waals surface area contributed by atoms with E-state index in [1.807, 2.05) is 62.3 Å². The van der Waals surface area contributed by atoms with Crippen molar-refractivity contribution >= 4 is 28.8 Å². The van der Waals surface area contributed by atoms with Gasteiger partial charge in [0.25, 0.3) is 0 Å². The molecule has 21 heavy (non-hydrogen) atoms. The molecule has 0 bridgehead atoms. The van der Waals surface area contributed by atoms with E-state index >= 15 is 0 Å². The van der Waals surface area contributed by atoms with Crippen LogP contribution in [-0.2, 0) is 4.79 Å². The van der Waals surface area contributed by atoms with Crippen LogP contribution in [0.25, 0.3) is 0 Å². The second-order valence-corrected chi connectivity index (χ2v) is 5.23. The molecule has 1 aliphatic heterocycles. The quantitative estimate of drug-likeness (QED) is 0.920. The summed E-state index contributed by atoms with van der Waals surface area (Å²) in [5.41, 5.74) is 2.91. The second-order valence-electron chi connectivity index (χ2n) is 5.23. The predicted octanol–water partition coefficient (Wildman–Crippen LogP) is 2.63. The average molecular weight is 282 g/mol. The first-order chi connectivity index (χ1) is 10.1. The maximum absolute atomic E-state index is 12.1. The molecule has 1 aromatic carbocycles. The van der Waals surface area contributed by atoms with Gasteiger partial charge in [-0.3, -0.25) is 4.79 Å². The zero-order valence-electron chi connectivity index (χ0n) is 12.4. The Morgan fingerprint density at radius 2 is 1.95 bits per heavy atom. The Bertz CT molecular complexity index is 671. The summed E-state index contributed by atoms with van der Waals surface area (Å²) in [5.74, 6) is 0.906. The lowest BCUT2D eigenvalue weighted by Crippen LogP contribution is -2.48. The van der Waals surface area contributed by atoms with Crippen molar-refractivity contribution in [3.8, 4) is 0 Å². The van der Waals surface area contributed by atoms with Crippen molar-refractivity contribution in [1.29, 1.82) is 0 Å². The van der Waals surface area contributed by atoms with Crippen molar-refractivity contribution in [3.63, 3.8) is 0 Å². The summed E-state index contributed by atoms with van der Waals surface area (Å²) in [7, 11) is 3.76. The third kappa shape index (κ3) is 2.31. The highest BCUT2D eigenvalue weighted by molar-refractivity contribution is 6.05. The molecule has 108 valence electrons. The molecule has 1 atom stereocenters. The van der Waals surface area contributed by atoms with Crippen LogP contribution in [0.4, 0.5) is 22.9 Å². The van der Waals surface area contributed by atoms with Crippen molar-refractivity contribution < 1.29 is 4.79 Å². The molecule has 2 aromatic rings. The van der Waals surface area contributed by atoms with Gasteiger partial charge in [-0.15, -0.1) is 0 Å². The Labute approximate surface area is 124 Å². The van der Waals surface area contributed by atoms with Crippen molar-refractivity contribution in [3.05, 3.63) is 42.6 Å². The first-order valence-electron chi connectivity index (χ1n) is 6.90. The van der Waals surface area contributed by atoms with Crippen molar-refractivity contribution in [2.24, 2.45) is 0 Å². The topological polar surface area (TPSA) is 48.5 Å². The van der Waals surface area contributed by atoms with E-state index in [4.69, 9.17) is 0 Å². The molecule has 0 unspecified atom stereocenters. The molecule has 1 amide bonds. The van der Waals surface area contributed by atoms with Crippen LogP contribution in [0.1, 0.15) is 6.92 Å². The lowest BCUT2D eigenvalue weighted by Gasteiger charge is -2.38. The van der Waals surface area contributed by atoms with Crippen molar-refractivity contribution in [1.82, 2.24) is 4.98 Å². The van der Waals surface area contributed by atoms with Gasteiger partial charge < -0.3 is 15.1 Å². The average Bonchev–Trinajstić information content (AvgIpc) is 2.52. The monoisotopic (exact) mass is 282 g/mol. The van der Waals surface area contributed by atoms with Gasteiger partial charge in [0.2, 0.25) is 5.91 Å². The Morgan fingerprint density at radius 1 is 1.14 bits per heavy atom. The van der Waals surface area contributed by atoms with E-state index in [9.17, 15) is 4.79 Å². The highest BCUT2D eigenvalue weighted by Gasteiger charge is 2.31. The minimum atomic E-state index is -0.160. The minimum absolute atomic E-state index is 0.107. The zero-order valence-corrected chi connectivity index (χ0v) is 12.4. The summed E-state index contributed by atoms with van der Waals surface area (Å²) < 4.78 is 0. The Morgan fingerprint density at radius 3 is 2.67 bits per heavy atom. The third-order valence-corrected chi connectivity index (χ3v) is 3.92. The van der Waals surface area contributed by atoms with E-state index in [2.05, 4.69) is 10.3 Å². The van der Waals surface area contributed by atoms with Crippen molar-refractivity contribution in [2.75, 3.05) is 29.2 Å². The van der Waals surface area contributed by atoms with Gasteiger partial charge in [0.1, 0.15) is 11.9 Å². The molecule has 5 nitrogen and oxygen atoms in total. The van der Waals surface area contributed by atoms with Gasteiger partial charge in [-0.25, -0.2) is 4.98 Å². The largest absolute Gasteiger partial charge is 0.361 e. The molecule has 1 aliphatic rings. The summed E-state index contributed by atoms with van der Waals surface area (Å²) >= 11 is 0. The number of carbonyl (C=O) groups excluding carboxylic acids is 1. The molecule has 0 fully saturated rings. The summed E-state index contributed by atoms with van der Waals surface area (Å²) in [6.45, 7) is 1.92.